The van der Waals surface area contributed by atoms with E-state index in [0.29, 0.717) is 0 Å². The highest BCUT2D eigenvalue weighted by Gasteiger charge is 2.30. The minimum atomic E-state index is -1.29. The molecule has 25 heavy (non-hydrogen) atoms. The number of nitro benzene ring substituents is 1. The summed E-state index contributed by atoms with van der Waals surface area (Å²) < 4.78 is 18.4. The van der Waals surface area contributed by atoms with E-state index in [2.05, 4.69) is 5.32 Å². The Balaban J connectivity index is 2.84. The van der Waals surface area contributed by atoms with Crippen LogP contribution in [0.25, 0.3) is 0 Å². The molecule has 0 spiro atoms. The molecule has 0 aliphatic carbocycles. The Morgan fingerprint density at radius 1 is 1.40 bits per heavy atom. The molecule has 138 valence electrons. The van der Waals surface area contributed by atoms with Crippen molar-refractivity contribution in [2.45, 2.75) is 51.9 Å². The first-order chi connectivity index (χ1) is 11.4. The highest BCUT2D eigenvalue weighted by molar-refractivity contribution is 5.86. The van der Waals surface area contributed by atoms with Gasteiger partial charge in [0.05, 0.1) is 17.4 Å². The van der Waals surface area contributed by atoms with Crippen LogP contribution in [0, 0.1) is 15.9 Å². The summed E-state index contributed by atoms with van der Waals surface area (Å²) in [5, 5.41) is 22.7. The second-order valence-corrected chi connectivity index (χ2v) is 6.54. The van der Waals surface area contributed by atoms with E-state index in [1.54, 1.807) is 20.8 Å². The zero-order chi connectivity index (χ0) is 19.4. The fraction of sp³-hybridized carbons (Fsp3) is 0.500. The van der Waals surface area contributed by atoms with Crippen LogP contribution in [-0.2, 0) is 20.7 Å². The fourth-order valence-electron chi connectivity index (χ4n) is 1.96. The monoisotopic (exact) mass is 356 g/mol. The minimum Gasteiger partial charge on any atom is -0.458 e. The number of amides is 1. The predicted octanol–water partition coefficient (Wildman–Crippen LogP) is 1.48. The molecule has 1 rings (SSSR count). The number of nitrogens with zero attached hydrogens (tertiary/aromatic N) is 1. The van der Waals surface area contributed by atoms with Crippen LogP contribution >= 0.6 is 0 Å². The average Bonchev–Trinajstić information content (AvgIpc) is 2.44. The van der Waals surface area contributed by atoms with Crippen LogP contribution in [0.15, 0.2) is 18.2 Å². The number of halogens is 1. The van der Waals surface area contributed by atoms with Gasteiger partial charge < -0.3 is 15.2 Å². The van der Waals surface area contributed by atoms with E-state index in [0.717, 1.165) is 12.1 Å². The van der Waals surface area contributed by atoms with Crippen LogP contribution in [0.2, 0.25) is 0 Å². The van der Waals surface area contributed by atoms with Crippen LogP contribution in [0.3, 0.4) is 0 Å². The van der Waals surface area contributed by atoms with Gasteiger partial charge in [-0.25, -0.2) is 4.79 Å². The van der Waals surface area contributed by atoms with Crippen molar-refractivity contribution in [3.63, 3.8) is 0 Å². The third-order valence-corrected chi connectivity index (χ3v) is 3.03. The van der Waals surface area contributed by atoms with E-state index in [4.69, 9.17) is 4.74 Å². The van der Waals surface area contributed by atoms with E-state index in [1.807, 2.05) is 0 Å². The maximum absolute atomic E-state index is 13.3. The van der Waals surface area contributed by atoms with Gasteiger partial charge in [-0.1, -0.05) is 6.07 Å². The molecule has 8 nitrogen and oxygen atoms in total. The number of hydrogen-bond acceptors (Lipinski definition) is 6. The highest BCUT2D eigenvalue weighted by atomic mass is 19.1. The average molecular weight is 356 g/mol. The number of carbonyl (C=O) groups excluding carboxylic acids is 2. The van der Waals surface area contributed by atoms with E-state index in [-0.39, 0.29) is 12.0 Å². The molecule has 2 N–H and O–H groups in total. The summed E-state index contributed by atoms with van der Waals surface area (Å²) in [6.45, 7) is 6.24. The number of carbonyl (C=O) groups is 2. The second kappa shape index (κ2) is 8.02. The Bertz CT molecular complexity index is 669. The quantitative estimate of drug-likeness (QED) is 0.453. The maximum atomic E-state index is 13.3. The number of esters is 1. The Morgan fingerprint density at radius 3 is 2.48 bits per heavy atom. The van der Waals surface area contributed by atoms with E-state index in [1.165, 1.54) is 13.0 Å². The van der Waals surface area contributed by atoms with Gasteiger partial charge in [-0.3, -0.25) is 14.9 Å². The Labute approximate surface area is 144 Å². The van der Waals surface area contributed by atoms with Crippen molar-refractivity contribution in [2.24, 2.45) is 0 Å². The maximum Gasteiger partial charge on any atom is 0.331 e. The summed E-state index contributed by atoms with van der Waals surface area (Å²) in [6.07, 6.45) is -1.53. The topological polar surface area (TPSA) is 119 Å². The van der Waals surface area contributed by atoms with Crippen LogP contribution in [-0.4, -0.2) is 39.7 Å². The molecule has 0 fully saturated rings. The summed E-state index contributed by atoms with van der Waals surface area (Å²) >= 11 is 0. The lowest BCUT2D eigenvalue weighted by atomic mass is 10.1. The van der Waals surface area contributed by atoms with E-state index in [9.17, 15) is 29.2 Å². The number of benzene rings is 1. The van der Waals surface area contributed by atoms with Crippen LogP contribution < -0.4 is 5.32 Å². The zero-order valence-electron chi connectivity index (χ0n) is 14.4. The van der Waals surface area contributed by atoms with Gasteiger partial charge >= 0.3 is 11.7 Å². The van der Waals surface area contributed by atoms with Gasteiger partial charge in [0, 0.05) is 6.07 Å². The lowest BCUT2D eigenvalue weighted by Gasteiger charge is -2.26. The Kier molecular flexibility index (Phi) is 6.57. The van der Waals surface area contributed by atoms with Crippen molar-refractivity contribution in [2.75, 3.05) is 0 Å². The molecule has 0 radical (unpaired) electrons. The van der Waals surface area contributed by atoms with Crippen molar-refractivity contribution in [1.82, 2.24) is 5.32 Å². The molecule has 1 aromatic carbocycles. The van der Waals surface area contributed by atoms with Crippen molar-refractivity contribution in [3.05, 3.63) is 39.7 Å². The molecule has 0 saturated heterocycles. The number of aliphatic hydroxyl groups is 1. The summed E-state index contributed by atoms with van der Waals surface area (Å²) in [4.78, 5) is 33.9. The minimum absolute atomic E-state index is 0.194. The smallest absolute Gasteiger partial charge is 0.331 e. The molecule has 0 saturated carbocycles. The standard InChI is InChI=1S/C16H21FN2O6/c1-9(20)14(15(22)25-16(2,3)4)18-13(21)8-10-5-6-11(17)12(7-10)19(23)24/h5-7,9,14,20H,8H2,1-4H3,(H,18,21)/t9-,14-/m1/s1. The van der Waals surface area contributed by atoms with Crippen LogP contribution in [0.1, 0.15) is 33.3 Å². The molecular formula is C16H21FN2O6. The number of ether oxygens (including phenoxy) is 1. The Hall–Kier alpha value is -2.55. The van der Waals surface area contributed by atoms with Gasteiger partial charge in [-0.05, 0) is 39.3 Å². The zero-order valence-corrected chi connectivity index (χ0v) is 14.4. The third-order valence-electron chi connectivity index (χ3n) is 3.03. The molecule has 0 unspecified atom stereocenters. The number of aliphatic hydroxyl groups excluding tert-OH is 1. The van der Waals surface area contributed by atoms with Gasteiger partial charge in [-0.15, -0.1) is 0 Å². The Morgan fingerprint density at radius 2 is 2.00 bits per heavy atom. The third kappa shape index (κ3) is 6.46. The summed E-state index contributed by atoms with van der Waals surface area (Å²) in [5.74, 6) is -2.48. The van der Waals surface area contributed by atoms with Gasteiger partial charge in [0.25, 0.3) is 0 Å². The summed E-state index contributed by atoms with van der Waals surface area (Å²) in [5.41, 5.74) is -1.35. The number of nitro groups is 1. The van der Waals surface area contributed by atoms with Gasteiger partial charge in [0.1, 0.15) is 5.60 Å². The molecule has 0 aliphatic heterocycles. The lowest BCUT2D eigenvalue weighted by molar-refractivity contribution is -0.387. The largest absolute Gasteiger partial charge is 0.458 e. The van der Waals surface area contributed by atoms with Gasteiger partial charge in [0.15, 0.2) is 6.04 Å². The van der Waals surface area contributed by atoms with Crippen molar-refractivity contribution in [3.8, 4) is 0 Å². The SMILES string of the molecule is C[C@@H](O)[C@@H](NC(=O)Cc1ccc(F)c([N+](=O)[O-])c1)C(=O)OC(C)(C)C. The number of rotatable bonds is 6. The predicted molar refractivity (Wildman–Crippen MR) is 86.2 cm³/mol. The van der Waals surface area contributed by atoms with Crippen molar-refractivity contribution in [1.29, 1.82) is 0 Å². The van der Waals surface area contributed by atoms with Crippen molar-refractivity contribution < 1.29 is 28.7 Å². The van der Waals surface area contributed by atoms with E-state index >= 15 is 0 Å². The first-order valence-corrected chi connectivity index (χ1v) is 7.54. The molecule has 0 aromatic heterocycles. The number of nitrogens with one attached hydrogen (secondary N) is 1. The molecular weight excluding hydrogens is 335 g/mol. The first kappa shape index (κ1) is 20.5. The summed E-state index contributed by atoms with van der Waals surface area (Å²) in [6, 6.07) is 1.77. The van der Waals surface area contributed by atoms with Crippen LogP contribution in [0.4, 0.5) is 10.1 Å². The molecule has 1 aromatic rings. The highest BCUT2D eigenvalue weighted by Crippen LogP contribution is 2.19. The fourth-order valence-corrected chi connectivity index (χ4v) is 1.96. The van der Waals surface area contributed by atoms with Crippen molar-refractivity contribution >= 4 is 17.6 Å². The molecule has 0 heterocycles. The van der Waals surface area contributed by atoms with E-state index < -0.39 is 46.1 Å². The lowest BCUT2D eigenvalue weighted by Crippen LogP contribution is -2.50. The number of hydrogen-bond donors (Lipinski definition) is 2. The first-order valence-electron chi connectivity index (χ1n) is 7.54. The molecule has 2 atom stereocenters. The van der Waals surface area contributed by atoms with Gasteiger partial charge in [-0.2, -0.15) is 4.39 Å². The molecule has 1 amide bonds. The van der Waals surface area contributed by atoms with Crippen LogP contribution in [0.5, 0.6) is 0 Å². The molecule has 0 aliphatic rings. The summed E-state index contributed by atoms with van der Waals surface area (Å²) in [7, 11) is 0. The normalized spacial score (nSPS) is 13.7. The second-order valence-electron chi connectivity index (χ2n) is 6.54. The van der Waals surface area contributed by atoms with Gasteiger partial charge in [0.2, 0.25) is 11.7 Å². The molecule has 0 bridgehead atoms. The molecule has 9 heteroatoms.